The van der Waals surface area contributed by atoms with Gasteiger partial charge >= 0.3 is 0 Å². The number of hydrogen-bond donors (Lipinski definition) is 1. The van der Waals surface area contributed by atoms with Gasteiger partial charge in [-0.2, -0.15) is 8.42 Å². The lowest BCUT2D eigenvalue weighted by Gasteiger charge is -2.27. The average molecular weight is 597 g/mol. The van der Waals surface area contributed by atoms with Gasteiger partial charge in [-0.3, -0.25) is 4.55 Å². The van der Waals surface area contributed by atoms with E-state index in [2.05, 4.69) is 0 Å². The fraction of sp³-hybridized carbons (Fsp3) is 0.143. The third kappa shape index (κ3) is 5.67. The van der Waals surface area contributed by atoms with E-state index in [1.807, 2.05) is 84.9 Å². The molecule has 0 aliphatic rings. The Morgan fingerprint density at radius 1 is 0.488 bits per heavy atom. The Morgan fingerprint density at radius 3 is 1.21 bits per heavy atom. The number of hydrogen-bond acceptors (Lipinski definition) is 6. The second-order valence-corrected chi connectivity index (χ2v) is 11.1. The molecule has 0 radical (unpaired) electrons. The summed E-state index contributed by atoms with van der Waals surface area (Å²) in [6.07, 6.45) is 0. The van der Waals surface area contributed by atoms with Crippen LogP contribution >= 0.6 is 0 Å². The van der Waals surface area contributed by atoms with Crippen LogP contribution in [0.4, 0.5) is 0 Å². The van der Waals surface area contributed by atoms with E-state index >= 15 is 0 Å². The minimum Gasteiger partial charge on any atom is -0.496 e. The Kier molecular flexibility index (Phi) is 8.71. The van der Waals surface area contributed by atoms with Gasteiger partial charge in [0.2, 0.25) is 0 Å². The fourth-order valence-electron chi connectivity index (χ4n) is 5.64. The molecule has 0 fully saturated rings. The van der Waals surface area contributed by atoms with Crippen LogP contribution in [0.1, 0.15) is 22.6 Å². The Hall–Kier alpha value is -4.79. The van der Waals surface area contributed by atoms with Crippen molar-refractivity contribution in [1.82, 2.24) is 0 Å². The third-order valence-electron chi connectivity index (χ3n) is 7.45. The minimum atomic E-state index is -4.60. The summed E-state index contributed by atoms with van der Waals surface area (Å²) in [4.78, 5) is -0.191. The molecule has 0 aliphatic heterocycles. The van der Waals surface area contributed by atoms with Crippen molar-refractivity contribution in [2.45, 2.75) is 10.8 Å². The van der Waals surface area contributed by atoms with Gasteiger partial charge in [-0.15, -0.1) is 0 Å². The van der Waals surface area contributed by atoms with Gasteiger partial charge in [0.15, 0.2) is 0 Å². The average Bonchev–Trinajstić information content (AvgIpc) is 3.04. The summed E-state index contributed by atoms with van der Waals surface area (Å²) in [7, 11) is 1.77. The number of benzene rings is 5. The van der Waals surface area contributed by atoms with Crippen LogP contribution in [0.2, 0.25) is 0 Å². The SMILES string of the molecule is COc1cccc(OC)c1-c1ccccc1C(c1ccccc1-c1c(OC)cccc1OC)c1ccccc1S(=O)(=O)O. The molecular weight excluding hydrogens is 564 g/mol. The van der Waals surface area contributed by atoms with Gasteiger partial charge in [-0.05, 0) is 58.1 Å². The molecule has 0 amide bonds. The molecule has 5 aromatic carbocycles. The topological polar surface area (TPSA) is 91.3 Å². The second-order valence-electron chi connectivity index (χ2n) is 9.70. The summed E-state index contributed by atoms with van der Waals surface area (Å²) in [5, 5.41) is 0. The lowest BCUT2D eigenvalue weighted by atomic mass is 9.78. The van der Waals surface area contributed by atoms with Crippen molar-refractivity contribution >= 4 is 10.1 Å². The van der Waals surface area contributed by atoms with Crippen molar-refractivity contribution in [3.63, 3.8) is 0 Å². The molecule has 1 N–H and O–H groups in total. The van der Waals surface area contributed by atoms with E-state index in [0.29, 0.717) is 39.7 Å². The molecule has 220 valence electrons. The zero-order valence-corrected chi connectivity index (χ0v) is 25.1. The Balaban J connectivity index is 1.93. The van der Waals surface area contributed by atoms with Crippen molar-refractivity contribution in [1.29, 1.82) is 0 Å². The number of methoxy groups -OCH3 is 4. The van der Waals surface area contributed by atoms with Crippen LogP contribution in [0.25, 0.3) is 22.3 Å². The first-order valence-corrected chi connectivity index (χ1v) is 14.9. The van der Waals surface area contributed by atoms with Crippen molar-refractivity contribution in [3.05, 3.63) is 126 Å². The predicted octanol–water partition coefficient (Wildman–Crippen LogP) is 7.48. The highest BCUT2D eigenvalue weighted by Gasteiger charge is 2.31. The Morgan fingerprint density at radius 2 is 0.837 bits per heavy atom. The molecular formula is C35H32O7S. The van der Waals surface area contributed by atoms with Gasteiger partial charge in [-0.25, -0.2) is 0 Å². The van der Waals surface area contributed by atoms with Crippen molar-refractivity contribution < 1.29 is 31.9 Å². The highest BCUT2D eigenvalue weighted by atomic mass is 32.2. The van der Waals surface area contributed by atoms with Gasteiger partial charge in [-0.1, -0.05) is 78.9 Å². The van der Waals surface area contributed by atoms with Crippen LogP contribution < -0.4 is 18.9 Å². The maximum absolute atomic E-state index is 12.8. The van der Waals surface area contributed by atoms with Gasteiger partial charge in [0.05, 0.1) is 44.5 Å². The molecule has 0 aromatic heterocycles. The van der Waals surface area contributed by atoms with Crippen LogP contribution in [-0.4, -0.2) is 41.4 Å². The van der Waals surface area contributed by atoms with Crippen molar-refractivity contribution in [2.24, 2.45) is 0 Å². The molecule has 0 bridgehead atoms. The van der Waals surface area contributed by atoms with Crippen LogP contribution in [0.15, 0.2) is 114 Å². The second kappa shape index (κ2) is 12.6. The summed E-state index contributed by atoms with van der Waals surface area (Å²) < 4.78 is 59.1. The lowest BCUT2D eigenvalue weighted by molar-refractivity contribution is 0.397. The Bertz CT molecular complexity index is 1720. The van der Waals surface area contributed by atoms with E-state index < -0.39 is 16.0 Å². The van der Waals surface area contributed by atoms with E-state index in [1.54, 1.807) is 46.6 Å². The first-order valence-electron chi connectivity index (χ1n) is 13.5. The summed E-state index contributed by atoms with van der Waals surface area (Å²) in [6.45, 7) is 0. The quantitative estimate of drug-likeness (QED) is 0.132. The first-order chi connectivity index (χ1) is 20.8. The van der Waals surface area contributed by atoms with E-state index in [0.717, 1.165) is 22.3 Å². The normalized spacial score (nSPS) is 11.3. The molecule has 0 saturated carbocycles. The highest BCUT2D eigenvalue weighted by Crippen LogP contribution is 2.49. The standard InChI is InChI=1S/C35H32O7S/c1-39-28-18-11-19-29(40-2)34(28)25-15-7-5-13-23(25)33(27-17-9-10-22-32(27)43(36,37)38)24-14-6-8-16-26(24)35-30(41-3)20-12-21-31(35)42-4/h5-22,33H,1-4H3,(H,36,37,38). The molecule has 0 spiro atoms. The van der Waals surface area contributed by atoms with E-state index in [4.69, 9.17) is 18.9 Å². The molecule has 0 atom stereocenters. The lowest BCUT2D eigenvalue weighted by Crippen LogP contribution is -2.12. The van der Waals surface area contributed by atoms with Gasteiger partial charge < -0.3 is 18.9 Å². The summed E-state index contributed by atoms with van der Waals surface area (Å²) in [6, 6.07) is 33.0. The van der Waals surface area contributed by atoms with Gasteiger partial charge in [0, 0.05) is 5.92 Å². The predicted molar refractivity (Wildman–Crippen MR) is 167 cm³/mol. The van der Waals surface area contributed by atoms with Gasteiger partial charge in [0.1, 0.15) is 23.0 Å². The maximum atomic E-state index is 12.8. The van der Waals surface area contributed by atoms with Crippen molar-refractivity contribution in [2.75, 3.05) is 28.4 Å². The van der Waals surface area contributed by atoms with E-state index in [-0.39, 0.29) is 4.90 Å². The zero-order chi connectivity index (χ0) is 30.6. The molecule has 0 saturated heterocycles. The fourth-order valence-corrected chi connectivity index (χ4v) is 6.38. The molecule has 5 rings (SSSR count). The highest BCUT2D eigenvalue weighted by molar-refractivity contribution is 7.85. The van der Waals surface area contributed by atoms with E-state index in [1.165, 1.54) is 6.07 Å². The van der Waals surface area contributed by atoms with Crippen molar-refractivity contribution in [3.8, 4) is 45.3 Å². The smallest absolute Gasteiger partial charge is 0.294 e. The first kappa shape index (κ1) is 29.7. The molecule has 8 heteroatoms. The molecule has 0 aliphatic carbocycles. The largest absolute Gasteiger partial charge is 0.496 e. The monoisotopic (exact) mass is 596 g/mol. The molecule has 0 heterocycles. The number of rotatable bonds is 10. The van der Waals surface area contributed by atoms with Gasteiger partial charge in [0.25, 0.3) is 10.1 Å². The summed E-state index contributed by atoms with van der Waals surface area (Å²) in [5.41, 5.74) is 4.90. The van der Waals surface area contributed by atoms with Crippen LogP contribution in [0.3, 0.4) is 0 Å². The molecule has 43 heavy (non-hydrogen) atoms. The number of ether oxygens (including phenoxy) is 4. The van der Waals surface area contributed by atoms with E-state index in [9.17, 15) is 13.0 Å². The van der Waals surface area contributed by atoms with Crippen LogP contribution in [0, 0.1) is 0 Å². The molecule has 5 aromatic rings. The minimum absolute atomic E-state index is 0.191. The summed E-state index contributed by atoms with van der Waals surface area (Å²) in [5.74, 6) is 1.68. The Labute approximate surface area is 252 Å². The third-order valence-corrected chi connectivity index (χ3v) is 8.37. The molecule has 0 unspecified atom stereocenters. The van der Waals surface area contributed by atoms with Crippen LogP contribution in [0.5, 0.6) is 23.0 Å². The zero-order valence-electron chi connectivity index (χ0n) is 24.3. The van der Waals surface area contributed by atoms with Crippen LogP contribution in [-0.2, 0) is 10.1 Å². The molecule has 7 nitrogen and oxygen atoms in total. The summed E-state index contributed by atoms with van der Waals surface area (Å²) >= 11 is 0. The maximum Gasteiger partial charge on any atom is 0.294 e.